The Morgan fingerprint density at radius 2 is 2.23 bits per heavy atom. The zero-order valence-electron chi connectivity index (χ0n) is 17.0. The van der Waals surface area contributed by atoms with Gasteiger partial charge in [-0.15, -0.1) is 0 Å². The molecule has 0 aromatic carbocycles. The zero-order valence-corrected chi connectivity index (χ0v) is 17.0. The van der Waals surface area contributed by atoms with E-state index in [1.54, 1.807) is 19.3 Å². The Morgan fingerprint density at radius 3 is 3.03 bits per heavy atom. The second kappa shape index (κ2) is 7.10. The Bertz CT molecular complexity index is 1000. The summed E-state index contributed by atoms with van der Waals surface area (Å²) in [6, 6.07) is 3.59. The Morgan fingerprint density at radius 1 is 1.37 bits per heavy atom. The smallest absolute Gasteiger partial charge is 0.262 e. The molecule has 1 unspecified atom stereocenters. The number of likely N-dealkylation sites (N-methyl/N-ethyl adjacent to an activating group) is 1. The van der Waals surface area contributed by atoms with Crippen LogP contribution in [0.5, 0.6) is 0 Å². The molecule has 0 saturated carbocycles. The van der Waals surface area contributed by atoms with Gasteiger partial charge in [0.2, 0.25) is 5.60 Å². The molecule has 5 rings (SSSR count). The molecule has 2 atom stereocenters. The molecule has 3 aliphatic heterocycles. The van der Waals surface area contributed by atoms with E-state index in [-0.39, 0.29) is 17.6 Å². The van der Waals surface area contributed by atoms with Gasteiger partial charge in [0, 0.05) is 68.7 Å². The Kier molecular flexibility index (Phi) is 4.52. The maximum Gasteiger partial charge on any atom is 0.262 e. The van der Waals surface area contributed by atoms with Crippen molar-refractivity contribution in [2.24, 2.45) is 0 Å². The van der Waals surface area contributed by atoms with Crippen molar-refractivity contribution in [1.29, 1.82) is 0 Å². The van der Waals surface area contributed by atoms with E-state index in [0.29, 0.717) is 19.5 Å². The predicted octanol–water partition coefficient (Wildman–Crippen LogP) is 1.28. The number of carbonyl (C=O) groups excluding carboxylic acids is 1. The molecule has 5 heterocycles. The number of hydrogen-bond donors (Lipinski definition) is 2. The lowest BCUT2D eigenvalue weighted by Crippen LogP contribution is -2.45. The summed E-state index contributed by atoms with van der Waals surface area (Å²) in [6.45, 7) is 2.90. The van der Waals surface area contributed by atoms with Gasteiger partial charge in [-0.3, -0.25) is 9.78 Å². The van der Waals surface area contributed by atoms with Crippen molar-refractivity contribution < 1.29 is 14.4 Å². The third-order valence-corrected chi connectivity index (χ3v) is 6.48. The van der Waals surface area contributed by atoms with Crippen molar-refractivity contribution in [3.8, 4) is 0 Å². The quantitative estimate of drug-likeness (QED) is 0.778. The SMILES string of the molecule is CN1CC[C@@](O)(c2cc(C3CCCN(N4C=Cc5nccc(N)c5C4)C3)no2)C1=O. The molecule has 0 radical (unpaired) electrons. The molecule has 1 amide bonds. The van der Waals surface area contributed by atoms with E-state index >= 15 is 0 Å². The van der Waals surface area contributed by atoms with E-state index in [1.807, 2.05) is 18.3 Å². The summed E-state index contributed by atoms with van der Waals surface area (Å²) in [6.07, 6.45) is 8.08. The average molecular weight is 410 g/mol. The number of hydrazine groups is 1. The van der Waals surface area contributed by atoms with Gasteiger partial charge in [-0.25, -0.2) is 5.01 Å². The fourth-order valence-electron chi connectivity index (χ4n) is 4.60. The number of anilines is 1. The molecule has 3 N–H and O–H groups in total. The number of pyridine rings is 1. The molecule has 9 nitrogen and oxygen atoms in total. The van der Waals surface area contributed by atoms with Crippen LogP contribution in [0.25, 0.3) is 6.08 Å². The van der Waals surface area contributed by atoms with Crippen LogP contribution < -0.4 is 5.73 Å². The van der Waals surface area contributed by atoms with E-state index in [4.69, 9.17) is 10.3 Å². The highest BCUT2D eigenvalue weighted by Crippen LogP contribution is 2.36. The predicted molar refractivity (Wildman–Crippen MR) is 109 cm³/mol. The van der Waals surface area contributed by atoms with Crippen molar-refractivity contribution in [3.05, 3.63) is 47.2 Å². The standard InChI is InChI=1S/C21H26N6O3/c1-25-10-6-21(29,20(25)28)19-11-18(24-30-19)14-3-2-8-26(12-14)27-9-5-17-15(13-27)16(22)4-7-23-17/h4-5,7,9,11,14,29H,2-3,6,8,10,12-13H2,1H3,(H2,22,23)/t14?,21-/m1/s1. The number of piperidine rings is 1. The molecule has 2 fully saturated rings. The normalized spacial score (nSPS) is 27.0. The molecule has 0 bridgehead atoms. The molecule has 158 valence electrons. The summed E-state index contributed by atoms with van der Waals surface area (Å²) < 4.78 is 5.45. The number of nitrogens with zero attached hydrogens (tertiary/aromatic N) is 5. The van der Waals surface area contributed by atoms with Crippen LogP contribution in [0.15, 0.2) is 29.1 Å². The van der Waals surface area contributed by atoms with Crippen LogP contribution in [0, 0.1) is 0 Å². The number of likely N-dealkylation sites (tertiary alicyclic amines) is 1. The first-order valence-corrected chi connectivity index (χ1v) is 10.3. The number of rotatable bonds is 3. The van der Waals surface area contributed by atoms with Gasteiger partial charge in [-0.2, -0.15) is 0 Å². The molecular formula is C21H26N6O3. The van der Waals surface area contributed by atoms with E-state index < -0.39 is 5.60 Å². The van der Waals surface area contributed by atoms with Crippen LogP contribution in [0.2, 0.25) is 0 Å². The summed E-state index contributed by atoms with van der Waals surface area (Å²) in [5.41, 5.74) is 8.05. The first-order chi connectivity index (χ1) is 14.5. The maximum absolute atomic E-state index is 12.4. The molecule has 0 aliphatic carbocycles. The van der Waals surface area contributed by atoms with E-state index in [9.17, 15) is 9.90 Å². The van der Waals surface area contributed by atoms with Crippen LogP contribution >= 0.6 is 0 Å². The van der Waals surface area contributed by atoms with Gasteiger partial charge >= 0.3 is 0 Å². The van der Waals surface area contributed by atoms with Crippen molar-refractivity contribution in [2.45, 2.75) is 37.3 Å². The van der Waals surface area contributed by atoms with Crippen molar-refractivity contribution in [2.75, 3.05) is 32.4 Å². The minimum atomic E-state index is -1.60. The van der Waals surface area contributed by atoms with E-state index in [2.05, 4.69) is 20.2 Å². The maximum atomic E-state index is 12.4. The molecule has 9 heteroatoms. The van der Waals surface area contributed by atoms with Crippen LogP contribution in [0.4, 0.5) is 5.69 Å². The van der Waals surface area contributed by atoms with Gasteiger partial charge in [0.25, 0.3) is 5.91 Å². The summed E-state index contributed by atoms with van der Waals surface area (Å²) in [4.78, 5) is 18.3. The number of nitrogens with two attached hydrogens (primary N) is 1. The largest absolute Gasteiger partial charge is 0.398 e. The second-order valence-corrected chi connectivity index (χ2v) is 8.38. The van der Waals surface area contributed by atoms with Crippen LogP contribution in [-0.2, 0) is 16.9 Å². The minimum Gasteiger partial charge on any atom is -0.398 e. The summed E-state index contributed by atoms with van der Waals surface area (Å²) in [5.74, 6) is 0.0727. The highest BCUT2D eigenvalue weighted by atomic mass is 16.5. The first kappa shape index (κ1) is 19.1. The Labute approximate surface area is 174 Å². The van der Waals surface area contributed by atoms with Crippen molar-refractivity contribution in [3.63, 3.8) is 0 Å². The molecule has 2 saturated heterocycles. The fraction of sp³-hybridized carbons (Fsp3) is 0.476. The van der Waals surface area contributed by atoms with Crippen LogP contribution in [-0.4, -0.2) is 62.8 Å². The highest BCUT2D eigenvalue weighted by Gasteiger charge is 2.48. The fourth-order valence-corrected chi connectivity index (χ4v) is 4.60. The van der Waals surface area contributed by atoms with Gasteiger partial charge in [0.05, 0.1) is 17.9 Å². The molecule has 3 aliphatic rings. The molecule has 2 aromatic rings. The van der Waals surface area contributed by atoms with Gasteiger partial charge in [0.15, 0.2) is 5.76 Å². The number of fused-ring (bicyclic) bond motifs is 1. The lowest BCUT2D eigenvalue weighted by molar-refractivity contribution is -0.144. The van der Waals surface area contributed by atoms with E-state index in [0.717, 1.165) is 48.6 Å². The summed E-state index contributed by atoms with van der Waals surface area (Å²) >= 11 is 0. The number of nitrogen functional groups attached to an aromatic ring is 1. The molecule has 30 heavy (non-hydrogen) atoms. The number of amides is 1. The van der Waals surface area contributed by atoms with Gasteiger partial charge < -0.3 is 25.3 Å². The first-order valence-electron chi connectivity index (χ1n) is 10.3. The van der Waals surface area contributed by atoms with Crippen LogP contribution in [0.1, 0.15) is 47.9 Å². The number of carbonyl (C=O) groups is 1. The monoisotopic (exact) mass is 410 g/mol. The minimum absolute atomic E-state index is 0.162. The average Bonchev–Trinajstić information content (AvgIpc) is 3.37. The molecular weight excluding hydrogens is 384 g/mol. The third-order valence-electron chi connectivity index (χ3n) is 6.48. The zero-order chi connectivity index (χ0) is 20.9. The van der Waals surface area contributed by atoms with Crippen molar-refractivity contribution >= 4 is 17.7 Å². The molecule has 2 aromatic heterocycles. The summed E-state index contributed by atoms with van der Waals surface area (Å²) in [5, 5.41) is 19.5. The number of aliphatic hydroxyl groups is 1. The number of hydrogen-bond acceptors (Lipinski definition) is 8. The van der Waals surface area contributed by atoms with Gasteiger partial charge in [-0.05, 0) is 25.0 Å². The van der Waals surface area contributed by atoms with Gasteiger partial charge in [-0.1, -0.05) is 5.16 Å². The lowest BCUT2D eigenvalue weighted by Gasteiger charge is -2.41. The van der Waals surface area contributed by atoms with E-state index in [1.165, 1.54) is 4.90 Å². The highest BCUT2D eigenvalue weighted by molar-refractivity contribution is 5.87. The Hall–Kier alpha value is -2.91. The third kappa shape index (κ3) is 3.05. The lowest BCUT2D eigenvalue weighted by atomic mass is 9.93. The second-order valence-electron chi connectivity index (χ2n) is 8.38. The number of aromatic nitrogens is 2. The Balaban J connectivity index is 1.32. The van der Waals surface area contributed by atoms with Crippen LogP contribution in [0.3, 0.4) is 0 Å². The topological polar surface area (TPSA) is 112 Å². The molecule has 0 spiro atoms. The van der Waals surface area contributed by atoms with Crippen molar-refractivity contribution in [1.82, 2.24) is 25.1 Å². The van der Waals surface area contributed by atoms with Gasteiger partial charge in [0.1, 0.15) is 0 Å². The summed E-state index contributed by atoms with van der Waals surface area (Å²) in [7, 11) is 1.68.